The molecule has 4 nitrogen and oxygen atoms in total. The van der Waals surface area contributed by atoms with E-state index in [4.69, 9.17) is 11.6 Å². The zero-order valence-electron chi connectivity index (χ0n) is 16.3. The van der Waals surface area contributed by atoms with E-state index in [1.807, 2.05) is 54.3 Å². The Labute approximate surface area is 171 Å². The average molecular weight is 399 g/mol. The topological polar surface area (TPSA) is 49.4 Å². The summed E-state index contributed by atoms with van der Waals surface area (Å²) in [6, 6.07) is 15.8. The summed E-state index contributed by atoms with van der Waals surface area (Å²) in [6.45, 7) is 3.93. The fourth-order valence-electron chi connectivity index (χ4n) is 3.67. The second-order valence-corrected chi connectivity index (χ2v) is 7.93. The van der Waals surface area contributed by atoms with Crippen LogP contribution in [0.3, 0.4) is 0 Å². The zero-order valence-corrected chi connectivity index (χ0v) is 17.0. The predicted octanol–water partition coefficient (Wildman–Crippen LogP) is 3.79. The standard InChI is InChI=1S/C23H27ClN2O2/c1-17-4-2-6-19(14-17)16-22(27)26-12-9-20(10-13-26)23(28)25-11-8-18-5-3-7-21(24)15-18/h2-7,14-15,20H,8-13,16H2,1H3,(H,25,28). The average Bonchev–Trinajstić information content (AvgIpc) is 2.68. The minimum Gasteiger partial charge on any atom is -0.356 e. The Morgan fingerprint density at radius 3 is 2.50 bits per heavy atom. The van der Waals surface area contributed by atoms with Gasteiger partial charge in [-0.2, -0.15) is 0 Å². The van der Waals surface area contributed by atoms with E-state index in [0.29, 0.717) is 31.1 Å². The van der Waals surface area contributed by atoms with Crippen LogP contribution in [0.2, 0.25) is 5.02 Å². The van der Waals surface area contributed by atoms with Gasteiger partial charge in [0.05, 0.1) is 6.42 Å². The minimum atomic E-state index is -0.0117. The number of rotatable bonds is 6. The van der Waals surface area contributed by atoms with Gasteiger partial charge in [0.25, 0.3) is 0 Å². The minimum absolute atomic E-state index is 0.0117. The van der Waals surface area contributed by atoms with Crippen molar-refractivity contribution < 1.29 is 9.59 Å². The lowest BCUT2D eigenvalue weighted by molar-refractivity contribution is -0.135. The summed E-state index contributed by atoms with van der Waals surface area (Å²) < 4.78 is 0. The molecule has 1 N–H and O–H groups in total. The monoisotopic (exact) mass is 398 g/mol. The third kappa shape index (κ3) is 5.83. The Morgan fingerprint density at radius 1 is 1.07 bits per heavy atom. The first-order valence-electron chi connectivity index (χ1n) is 9.87. The van der Waals surface area contributed by atoms with Gasteiger partial charge >= 0.3 is 0 Å². The third-order valence-electron chi connectivity index (χ3n) is 5.26. The van der Waals surface area contributed by atoms with Crippen LogP contribution in [0.5, 0.6) is 0 Å². The Kier molecular flexibility index (Phi) is 7.10. The molecule has 0 atom stereocenters. The highest BCUT2D eigenvalue weighted by atomic mass is 35.5. The number of amides is 2. The van der Waals surface area contributed by atoms with Crippen molar-refractivity contribution in [3.63, 3.8) is 0 Å². The quantitative estimate of drug-likeness (QED) is 0.804. The normalized spacial score (nSPS) is 14.7. The van der Waals surface area contributed by atoms with Crippen LogP contribution in [0, 0.1) is 12.8 Å². The van der Waals surface area contributed by atoms with E-state index in [9.17, 15) is 9.59 Å². The molecule has 0 radical (unpaired) electrons. The summed E-state index contributed by atoms with van der Waals surface area (Å²) in [7, 11) is 0. The second-order valence-electron chi connectivity index (χ2n) is 7.49. The zero-order chi connectivity index (χ0) is 19.9. The largest absolute Gasteiger partial charge is 0.356 e. The number of hydrogen-bond donors (Lipinski definition) is 1. The van der Waals surface area contributed by atoms with Crippen LogP contribution in [-0.4, -0.2) is 36.3 Å². The molecule has 0 unspecified atom stereocenters. The number of likely N-dealkylation sites (tertiary alicyclic amines) is 1. The number of aryl methyl sites for hydroxylation is 1. The van der Waals surface area contributed by atoms with Gasteiger partial charge in [0, 0.05) is 30.6 Å². The molecule has 148 valence electrons. The lowest BCUT2D eigenvalue weighted by atomic mass is 9.95. The molecule has 2 aromatic rings. The van der Waals surface area contributed by atoms with Gasteiger partial charge in [-0.1, -0.05) is 53.6 Å². The van der Waals surface area contributed by atoms with Gasteiger partial charge in [0.15, 0.2) is 0 Å². The van der Waals surface area contributed by atoms with Crippen molar-refractivity contribution in [1.29, 1.82) is 0 Å². The summed E-state index contributed by atoms with van der Waals surface area (Å²) >= 11 is 5.99. The molecule has 0 spiro atoms. The van der Waals surface area contributed by atoms with E-state index >= 15 is 0 Å². The summed E-state index contributed by atoms with van der Waals surface area (Å²) in [5.74, 6) is 0.223. The first-order chi connectivity index (χ1) is 13.5. The maximum Gasteiger partial charge on any atom is 0.226 e. The highest BCUT2D eigenvalue weighted by Gasteiger charge is 2.27. The van der Waals surface area contributed by atoms with E-state index in [-0.39, 0.29) is 17.7 Å². The van der Waals surface area contributed by atoms with Gasteiger partial charge in [-0.25, -0.2) is 0 Å². The van der Waals surface area contributed by atoms with Crippen LogP contribution in [0.4, 0.5) is 0 Å². The van der Waals surface area contributed by atoms with E-state index in [2.05, 4.69) is 11.4 Å². The van der Waals surface area contributed by atoms with Gasteiger partial charge in [0.2, 0.25) is 11.8 Å². The molecule has 1 aliphatic heterocycles. The number of halogens is 1. The lowest BCUT2D eigenvalue weighted by Crippen LogP contribution is -2.43. The molecular weight excluding hydrogens is 372 g/mol. The molecule has 1 aliphatic rings. The van der Waals surface area contributed by atoms with Crippen molar-refractivity contribution in [1.82, 2.24) is 10.2 Å². The van der Waals surface area contributed by atoms with Gasteiger partial charge < -0.3 is 10.2 Å². The van der Waals surface area contributed by atoms with Gasteiger partial charge in [0.1, 0.15) is 0 Å². The molecular formula is C23H27ClN2O2. The molecule has 0 aromatic heterocycles. The van der Waals surface area contributed by atoms with E-state index in [0.717, 1.165) is 30.4 Å². The van der Waals surface area contributed by atoms with Crippen molar-refractivity contribution in [2.24, 2.45) is 5.92 Å². The summed E-state index contributed by atoms with van der Waals surface area (Å²) in [5.41, 5.74) is 3.33. The molecule has 3 rings (SSSR count). The highest BCUT2D eigenvalue weighted by molar-refractivity contribution is 6.30. The van der Waals surface area contributed by atoms with Crippen molar-refractivity contribution in [3.8, 4) is 0 Å². The van der Waals surface area contributed by atoms with Crippen molar-refractivity contribution in [2.45, 2.75) is 32.6 Å². The van der Waals surface area contributed by atoms with Crippen LogP contribution in [0.15, 0.2) is 48.5 Å². The molecule has 1 saturated heterocycles. The third-order valence-corrected chi connectivity index (χ3v) is 5.49. The van der Waals surface area contributed by atoms with E-state index in [1.165, 1.54) is 5.56 Å². The molecule has 28 heavy (non-hydrogen) atoms. The Hall–Kier alpha value is -2.33. The summed E-state index contributed by atoms with van der Waals surface area (Å²) in [4.78, 5) is 26.8. The Morgan fingerprint density at radius 2 is 1.79 bits per heavy atom. The lowest BCUT2D eigenvalue weighted by Gasteiger charge is -2.31. The van der Waals surface area contributed by atoms with Gasteiger partial charge in [-0.3, -0.25) is 9.59 Å². The number of hydrogen-bond acceptors (Lipinski definition) is 2. The number of nitrogens with zero attached hydrogens (tertiary/aromatic N) is 1. The summed E-state index contributed by atoms with van der Waals surface area (Å²) in [6.07, 6.45) is 2.64. The molecule has 0 aliphatic carbocycles. The van der Waals surface area contributed by atoms with Crippen LogP contribution in [-0.2, 0) is 22.4 Å². The fraction of sp³-hybridized carbons (Fsp3) is 0.391. The van der Waals surface area contributed by atoms with Gasteiger partial charge in [-0.05, 0) is 49.4 Å². The fourth-order valence-corrected chi connectivity index (χ4v) is 3.88. The maximum atomic E-state index is 12.5. The summed E-state index contributed by atoms with van der Waals surface area (Å²) in [5, 5.41) is 3.74. The van der Waals surface area contributed by atoms with Crippen LogP contribution in [0.1, 0.15) is 29.5 Å². The van der Waals surface area contributed by atoms with Crippen LogP contribution >= 0.6 is 11.6 Å². The number of nitrogens with one attached hydrogen (secondary N) is 1. The molecule has 0 bridgehead atoms. The number of carbonyl (C=O) groups excluding carboxylic acids is 2. The van der Waals surface area contributed by atoms with Crippen molar-refractivity contribution in [3.05, 3.63) is 70.2 Å². The number of benzene rings is 2. The number of carbonyl (C=O) groups is 2. The van der Waals surface area contributed by atoms with Crippen LogP contribution in [0.25, 0.3) is 0 Å². The Bertz CT molecular complexity index is 829. The SMILES string of the molecule is Cc1cccc(CC(=O)N2CCC(C(=O)NCCc3cccc(Cl)c3)CC2)c1. The van der Waals surface area contributed by atoms with Crippen molar-refractivity contribution >= 4 is 23.4 Å². The first-order valence-corrected chi connectivity index (χ1v) is 10.2. The van der Waals surface area contributed by atoms with E-state index in [1.54, 1.807) is 0 Å². The Balaban J connectivity index is 1.40. The second kappa shape index (κ2) is 9.74. The molecule has 1 fully saturated rings. The van der Waals surface area contributed by atoms with Gasteiger partial charge in [-0.15, -0.1) is 0 Å². The molecule has 2 amide bonds. The molecule has 0 saturated carbocycles. The van der Waals surface area contributed by atoms with Crippen molar-refractivity contribution in [2.75, 3.05) is 19.6 Å². The molecule has 1 heterocycles. The maximum absolute atomic E-state index is 12.5. The molecule has 2 aromatic carbocycles. The predicted molar refractivity (Wildman–Crippen MR) is 112 cm³/mol. The first kappa shape index (κ1) is 20.4. The number of piperidine rings is 1. The smallest absolute Gasteiger partial charge is 0.226 e. The molecule has 5 heteroatoms. The van der Waals surface area contributed by atoms with Crippen LogP contribution < -0.4 is 5.32 Å². The van der Waals surface area contributed by atoms with E-state index < -0.39 is 0 Å². The highest BCUT2D eigenvalue weighted by Crippen LogP contribution is 2.19.